The molecule has 0 radical (unpaired) electrons. The standard InChI is InChI=1S/C24H22F3N5O.CO2/c1-12-6-14(26)8-20-22(12)31-24(30-20)17-10-29-9-16(15-7-13(25)2-3-18(15)27)23(17)32-5-4-19(28)21(33)11-32;2-1-3/h2-3,6-10,19,21,33H,4-5,11,28H2,1H3,(H,30,31);/t19-,21+;/m1./s1. The van der Waals surface area contributed by atoms with Crippen molar-refractivity contribution in [2.75, 3.05) is 18.0 Å². The fourth-order valence-electron chi connectivity index (χ4n) is 4.40. The number of pyridine rings is 1. The summed E-state index contributed by atoms with van der Waals surface area (Å²) in [6.45, 7) is 2.46. The summed E-state index contributed by atoms with van der Waals surface area (Å²) in [5.74, 6) is -1.17. The third-order valence-electron chi connectivity index (χ3n) is 6.08. The zero-order valence-electron chi connectivity index (χ0n) is 19.1. The number of rotatable bonds is 3. The van der Waals surface area contributed by atoms with E-state index in [2.05, 4.69) is 15.0 Å². The highest BCUT2D eigenvalue weighted by Crippen LogP contribution is 2.40. The highest BCUT2D eigenvalue weighted by molar-refractivity contribution is 5.91. The van der Waals surface area contributed by atoms with Crippen LogP contribution in [0.4, 0.5) is 18.9 Å². The number of imidazole rings is 1. The number of β-amino-alcohol motifs (C(OH)–C–C–N with tert-alkyl or cyclic N) is 1. The molecular formula is C25H22F3N5O3. The lowest BCUT2D eigenvalue weighted by atomic mass is 9.97. The molecule has 0 saturated carbocycles. The van der Waals surface area contributed by atoms with Gasteiger partial charge in [-0.25, -0.2) is 18.2 Å². The van der Waals surface area contributed by atoms with Crippen LogP contribution in [0.2, 0.25) is 0 Å². The summed E-state index contributed by atoms with van der Waals surface area (Å²) in [7, 11) is 0. The number of H-pyrrole nitrogens is 1. The molecule has 2 atom stereocenters. The Labute approximate surface area is 203 Å². The number of aromatic nitrogens is 3. The van der Waals surface area contributed by atoms with Gasteiger partial charge < -0.3 is 20.7 Å². The second kappa shape index (κ2) is 10.3. The van der Waals surface area contributed by atoms with Crippen molar-refractivity contribution in [3.63, 3.8) is 0 Å². The molecule has 36 heavy (non-hydrogen) atoms. The van der Waals surface area contributed by atoms with Crippen LogP contribution in [-0.2, 0) is 9.59 Å². The molecule has 0 unspecified atom stereocenters. The number of hydrogen-bond acceptors (Lipinski definition) is 7. The molecule has 3 heterocycles. The summed E-state index contributed by atoms with van der Waals surface area (Å²) in [5, 5.41) is 10.4. The molecule has 1 aliphatic rings. The lowest BCUT2D eigenvalue weighted by molar-refractivity contribution is -0.191. The van der Waals surface area contributed by atoms with Gasteiger partial charge >= 0.3 is 6.15 Å². The SMILES string of the molecule is Cc1cc(F)cc2[nH]c(-c3cncc(-c4cc(F)ccc4F)c3N3CC[C@@H](N)[C@@H](O)C3)nc12.O=C=O. The van der Waals surface area contributed by atoms with Gasteiger partial charge in [-0.2, -0.15) is 9.59 Å². The number of aryl methyl sites for hydroxylation is 1. The Hall–Kier alpha value is -4.05. The van der Waals surface area contributed by atoms with E-state index in [-0.39, 0.29) is 24.3 Å². The minimum absolute atomic E-state index is 0.0436. The van der Waals surface area contributed by atoms with Crippen LogP contribution in [0, 0.1) is 24.4 Å². The maximum absolute atomic E-state index is 14.8. The molecule has 0 spiro atoms. The maximum Gasteiger partial charge on any atom is 0.373 e. The molecule has 0 aliphatic carbocycles. The zero-order valence-corrected chi connectivity index (χ0v) is 19.1. The highest BCUT2D eigenvalue weighted by atomic mass is 19.1. The fraction of sp³-hybridized carbons (Fsp3) is 0.240. The lowest BCUT2D eigenvalue weighted by Crippen LogP contribution is -2.50. The number of aliphatic hydroxyl groups excluding tert-OH is 1. The van der Waals surface area contributed by atoms with Gasteiger partial charge in [-0.1, -0.05) is 0 Å². The van der Waals surface area contributed by atoms with Crippen molar-refractivity contribution < 1.29 is 27.9 Å². The Balaban J connectivity index is 0.000000967. The molecule has 4 aromatic rings. The minimum atomic E-state index is -0.794. The number of anilines is 1. The maximum atomic E-state index is 14.8. The monoisotopic (exact) mass is 497 g/mol. The molecule has 11 heteroatoms. The van der Waals surface area contributed by atoms with Gasteiger partial charge in [0.05, 0.1) is 28.4 Å². The van der Waals surface area contributed by atoms with Gasteiger partial charge in [0.15, 0.2) is 0 Å². The predicted molar refractivity (Wildman–Crippen MR) is 125 cm³/mol. The molecule has 0 amide bonds. The highest BCUT2D eigenvalue weighted by Gasteiger charge is 2.30. The van der Waals surface area contributed by atoms with Gasteiger partial charge in [0.25, 0.3) is 0 Å². The van der Waals surface area contributed by atoms with Gasteiger partial charge in [0.1, 0.15) is 23.3 Å². The summed E-state index contributed by atoms with van der Waals surface area (Å²) in [5.41, 5.74) is 9.22. The van der Waals surface area contributed by atoms with Crippen LogP contribution in [0.5, 0.6) is 0 Å². The molecule has 1 saturated heterocycles. The van der Waals surface area contributed by atoms with Crippen molar-refractivity contribution >= 4 is 22.9 Å². The first-order valence-corrected chi connectivity index (χ1v) is 11.0. The van der Waals surface area contributed by atoms with Crippen molar-refractivity contribution in [2.24, 2.45) is 5.73 Å². The van der Waals surface area contributed by atoms with E-state index >= 15 is 0 Å². The quantitative estimate of drug-likeness (QED) is 0.397. The number of nitrogens with two attached hydrogens (primary N) is 1. The van der Waals surface area contributed by atoms with E-state index in [1.165, 1.54) is 18.3 Å². The first kappa shape index (κ1) is 25.1. The van der Waals surface area contributed by atoms with Crippen molar-refractivity contribution in [3.05, 3.63) is 65.7 Å². The van der Waals surface area contributed by atoms with Crippen LogP contribution >= 0.6 is 0 Å². The van der Waals surface area contributed by atoms with Crippen LogP contribution in [-0.4, -0.2) is 51.4 Å². The topological polar surface area (TPSA) is 125 Å². The number of nitrogens with one attached hydrogen (secondary N) is 1. The number of halogens is 3. The second-order valence-corrected chi connectivity index (χ2v) is 8.46. The van der Waals surface area contributed by atoms with Crippen LogP contribution in [0.15, 0.2) is 42.7 Å². The summed E-state index contributed by atoms with van der Waals surface area (Å²) >= 11 is 0. The number of benzene rings is 2. The number of carbonyl (C=O) groups excluding carboxylic acids is 2. The van der Waals surface area contributed by atoms with E-state index in [9.17, 15) is 18.3 Å². The first-order valence-electron chi connectivity index (χ1n) is 11.0. The molecule has 1 aliphatic heterocycles. The predicted octanol–water partition coefficient (Wildman–Crippen LogP) is 3.33. The second-order valence-electron chi connectivity index (χ2n) is 8.46. The van der Waals surface area contributed by atoms with Gasteiger partial charge in [-0.05, 0) is 49.2 Å². The summed E-state index contributed by atoms with van der Waals surface area (Å²) in [6.07, 6.45) is 3.00. The number of aromatic amines is 1. The Bertz CT molecular complexity index is 1450. The Kier molecular flexibility index (Phi) is 7.16. The summed E-state index contributed by atoms with van der Waals surface area (Å²) in [6, 6.07) is 5.60. The van der Waals surface area contributed by atoms with Crippen molar-refractivity contribution in [2.45, 2.75) is 25.5 Å². The van der Waals surface area contributed by atoms with Crippen LogP contribution in [0.25, 0.3) is 33.5 Å². The van der Waals surface area contributed by atoms with Gasteiger partial charge in [0.2, 0.25) is 0 Å². The lowest BCUT2D eigenvalue weighted by Gasteiger charge is -2.37. The van der Waals surface area contributed by atoms with E-state index < -0.39 is 23.6 Å². The van der Waals surface area contributed by atoms with Gasteiger partial charge in [0, 0.05) is 42.7 Å². The van der Waals surface area contributed by atoms with Crippen LogP contribution in [0.3, 0.4) is 0 Å². The number of nitrogens with zero attached hydrogens (tertiary/aromatic N) is 3. The minimum Gasteiger partial charge on any atom is -0.390 e. The van der Waals surface area contributed by atoms with Gasteiger partial charge in [-0.3, -0.25) is 4.98 Å². The van der Waals surface area contributed by atoms with E-state index in [0.717, 1.165) is 18.2 Å². The molecule has 2 aromatic carbocycles. The Morgan fingerprint density at radius 3 is 2.53 bits per heavy atom. The third-order valence-corrected chi connectivity index (χ3v) is 6.08. The van der Waals surface area contributed by atoms with Gasteiger partial charge in [-0.15, -0.1) is 0 Å². The van der Waals surface area contributed by atoms with Crippen LogP contribution in [0.1, 0.15) is 12.0 Å². The van der Waals surface area contributed by atoms with E-state index in [1.807, 2.05) is 4.90 Å². The van der Waals surface area contributed by atoms with Crippen molar-refractivity contribution in [1.29, 1.82) is 0 Å². The number of hydrogen-bond donors (Lipinski definition) is 3. The largest absolute Gasteiger partial charge is 0.390 e. The molecular weight excluding hydrogens is 475 g/mol. The smallest absolute Gasteiger partial charge is 0.373 e. The fourth-order valence-corrected chi connectivity index (χ4v) is 4.40. The Morgan fingerprint density at radius 2 is 1.81 bits per heavy atom. The number of fused-ring (bicyclic) bond motifs is 1. The zero-order chi connectivity index (χ0) is 26.0. The third kappa shape index (κ3) is 4.85. The normalized spacial score (nSPS) is 17.4. The van der Waals surface area contributed by atoms with Crippen molar-refractivity contribution in [3.8, 4) is 22.5 Å². The van der Waals surface area contributed by atoms with E-state index in [0.29, 0.717) is 52.2 Å². The van der Waals surface area contributed by atoms with E-state index in [4.69, 9.17) is 15.3 Å². The number of aliphatic hydroxyl groups is 1. The Morgan fingerprint density at radius 1 is 1.08 bits per heavy atom. The molecule has 5 rings (SSSR count). The van der Waals surface area contributed by atoms with Crippen molar-refractivity contribution in [1.82, 2.24) is 15.0 Å². The molecule has 0 bridgehead atoms. The average molecular weight is 497 g/mol. The molecule has 8 nitrogen and oxygen atoms in total. The van der Waals surface area contributed by atoms with E-state index in [1.54, 1.807) is 13.1 Å². The summed E-state index contributed by atoms with van der Waals surface area (Å²) in [4.78, 5) is 30.2. The average Bonchev–Trinajstić information content (AvgIpc) is 3.27. The summed E-state index contributed by atoms with van der Waals surface area (Å²) < 4.78 is 42.8. The molecule has 4 N–H and O–H groups in total. The van der Waals surface area contributed by atoms with Crippen LogP contribution < -0.4 is 10.6 Å². The molecule has 186 valence electrons. The molecule has 2 aromatic heterocycles. The molecule has 1 fully saturated rings. The number of piperidine rings is 1. The first-order chi connectivity index (χ1) is 17.2.